The molecule has 102 valence electrons. The van der Waals surface area contributed by atoms with E-state index in [4.69, 9.17) is 5.73 Å². The molecule has 1 heterocycles. The number of unbranched alkanes of at least 4 members (excludes halogenated alkanes) is 2. The van der Waals surface area contributed by atoms with Gasteiger partial charge in [0.25, 0.3) is 0 Å². The zero-order chi connectivity index (χ0) is 13.5. The molecule has 1 atom stereocenters. The summed E-state index contributed by atoms with van der Waals surface area (Å²) in [6, 6.07) is 10.5. The van der Waals surface area contributed by atoms with Gasteiger partial charge in [-0.25, -0.2) is 4.68 Å². The van der Waals surface area contributed by atoms with Crippen LogP contribution in [0.5, 0.6) is 0 Å². The second kappa shape index (κ2) is 7.10. The van der Waals surface area contributed by atoms with E-state index in [1.165, 1.54) is 31.2 Å². The fraction of sp³-hybridized carbons (Fsp3) is 0.438. The maximum absolute atomic E-state index is 5.90. The standard InChI is InChI=1S/C16H23N3/c1-2-3-4-6-15(13-17)14-7-9-16(10-8-14)19-12-5-11-18-19/h5,7-12,15H,2-4,6,13,17H2,1H3. The molecule has 3 nitrogen and oxygen atoms in total. The zero-order valence-electron chi connectivity index (χ0n) is 11.6. The van der Waals surface area contributed by atoms with E-state index in [1.54, 1.807) is 6.20 Å². The second-order valence-corrected chi connectivity index (χ2v) is 4.97. The summed E-state index contributed by atoms with van der Waals surface area (Å²) in [6.45, 7) is 2.96. The van der Waals surface area contributed by atoms with Crippen molar-refractivity contribution < 1.29 is 0 Å². The SMILES string of the molecule is CCCCCC(CN)c1ccc(-n2cccn2)cc1. The number of aromatic nitrogens is 2. The lowest BCUT2D eigenvalue weighted by atomic mass is 9.93. The van der Waals surface area contributed by atoms with Crippen LogP contribution in [-0.4, -0.2) is 16.3 Å². The lowest BCUT2D eigenvalue weighted by molar-refractivity contribution is 0.572. The summed E-state index contributed by atoms with van der Waals surface area (Å²) in [5.74, 6) is 0.484. The van der Waals surface area contributed by atoms with Gasteiger partial charge in [0.05, 0.1) is 5.69 Å². The first-order valence-corrected chi connectivity index (χ1v) is 7.15. The second-order valence-electron chi connectivity index (χ2n) is 4.97. The van der Waals surface area contributed by atoms with Crippen LogP contribution in [0.4, 0.5) is 0 Å². The fourth-order valence-electron chi connectivity index (χ4n) is 2.38. The van der Waals surface area contributed by atoms with Gasteiger partial charge in [-0.1, -0.05) is 38.3 Å². The maximum atomic E-state index is 5.90. The molecule has 0 radical (unpaired) electrons. The molecule has 1 unspecified atom stereocenters. The van der Waals surface area contributed by atoms with Crippen LogP contribution in [0.1, 0.15) is 44.1 Å². The van der Waals surface area contributed by atoms with Crippen LogP contribution >= 0.6 is 0 Å². The van der Waals surface area contributed by atoms with E-state index in [-0.39, 0.29) is 0 Å². The van der Waals surface area contributed by atoms with Crippen molar-refractivity contribution in [3.8, 4) is 5.69 Å². The van der Waals surface area contributed by atoms with Gasteiger partial charge < -0.3 is 5.73 Å². The smallest absolute Gasteiger partial charge is 0.0645 e. The minimum atomic E-state index is 0.484. The number of nitrogens with zero attached hydrogens (tertiary/aromatic N) is 2. The molecule has 0 amide bonds. The summed E-state index contributed by atoms with van der Waals surface area (Å²) in [7, 11) is 0. The van der Waals surface area contributed by atoms with Crippen molar-refractivity contribution in [3.63, 3.8) is 0 Å². The largest absolute Gasteiger partial charge is 0.330 e. The molecule has 0 saturated heterocycles. The molecule has 19 heavy (non-hydrogen) atoms. The van der Waals surface area contributed by atoms with Crippen molar-refractivity contribution in [2.24, 2.45) is 5.73 Å². The number of hydrogen-bond donors (Lipinski definition) is 1. The normalized spacial score (nSPS) is 12.5. The Kier molecular flexibility index (Phi) is 5.16. The summed E-state index contributed by atoms with van der Waals surface area (Å²) in [4.78, 5) is 0. The molecule has 3 heteroatoms. The molecule has 0 aliphatic rings. The first-order chi connectivity index (χ1) is 9.35. The number of rotatable bonds is 7. The Hall–Kier alpha value is -1.61. The molecular formula is C16H23N3. The van der Waals surface area contributed by atoms with E-state index >= 15 is 0 Å². The van der Waals surface area contributed by atoms with Gasteiger partial charge in [0.2, 0.25) is 0 Å². The van der Waals surface area contributed by atoms with E-state index in [9.17, 15) is 0 Å². The zero-order valence-corrected chi connectivity index (χ0v) is 11.6. The van der Waals surface area contributed by atoms with Gasteiger partial charge in [-0.05, 0) is 42.6 Å². The quantitative estimate of drug-likeness (QED) is 0.772. The van der Waals surface area contributed by atoms with Gasteiger partial charge in [0, 0.05) is 12.4 Å². The Morgan fingerprint density at radius 1 is 1.21 bits per heavy atom. The predicted octanol–water partition coefficient (Wildman–Crippen LogP) is 3.49. The molecular weight excluding hydrogens is 234 g/mol. The van der Waals surface area contributed by atoms with Crippen LogP contribution in [0.3, 0.4) is 0 Å². The summed E-state index contributed by atoms with van der Waals surface area (Å²) >= 11 is 0. The highest BCUT2D eigenvalue weighted by atomic mass is 15.3. The van der Waals surface area contributed by atoms with Gasteiger partial charge in [0.15, 0.2) is 0 Å². The van der Waals surface area contributed by atoms with Gasteiger partial charge in [-0.2, -0.15) is 5.10 Å². The average molecular weight is 257 g/mol. The van der Waals surface area contributed by atoms with Crippen molar-refractivity contribution in [1.82, 2.24) is 9.78 Å². The first kappa shape index (κ1) is 13.8. The van der Waals surface area contributed by atoms with E-state index in [2.05, 4.69) is 36.3 Å². The monoisotopic (exact) mass is 257 g/mol. The third kappa shape index (κ3) is 3.67. The van der Waals surface area contributed by atoms with Gasteiger partial charge in [0.1, 0.15) is 0 Å². The summed E-state index contributed by atoms with van der Waals surface area (Å²) in [6.07, 6.45) is 8.75. The van der Waals surface area contributed by atoms with Crippen LogP contribution in [0.25, 0.3) is 5.69 Å². The van der Waals surface area contributed by atoms with Crippen molar-refractivity contribution in [2.75, 3.05) is 6.54 Å². The fourth-order valence-corrected chi connectivity index (χ4v) is 2.38. The minimum absolute atomic E-state index is 0.484. The highest BCUT2D eigenvalue weighted by Crippen LogP contribution is 2.22. The Bertz CT molecular complexity index is 459. The molecule has 1 aromatic carbocycles. The molecule has 2 rings (SSSR count). The molecule has 0 fully saturated rings. The molecule has 0 spiro atoms. The van der Waals surface area contributed by atoms with Crippen LogP contribution in [0, 0.1) is 0 Å². The van der Waals surface area contributed by atoms with Gasteiger partial charge in [-0.3, -0.25) is 0 Å². The Morgan fingerprint density at radius 3 is 2.58 bits per heavy atom. The van der Waals surface area contributed by atoms with E-state index in [0.29, 0.717) is 5.92 Å². The third-order valence-electron chi connectivity index (χ3n) is 3.57. The summed E-state index contributed by atoms with van der Waals surface area (Å²) < 4.78 is 1.87. The number of benzene rings is 1. The number of nitrogens with two attached hydrogens (primary N) is 1. The van der Waals surface area contributed by atoms with Crippen molar-refractivity contribution in [2.45, 2.75) is 38.5 Å². The van der Waals surface area contributed by atoms with Crippen molar-refractivity contribution >= 4 is 0 Å². The molecule has 2 N–H and O–H groups in total. The van der Waals surface area contributed by atoms with Crippen LogP contribution in [0.2, 0.25) is 0 Å². The maximum Gasteiger partial charge on any atom is 0.0645 e. The Morgan fingerprint density at radius 2 is 2.00 bits per heavy atom. The van der Waals surface area contributed by atoms with Gasteiger partial charge >= 0.3 is 0 Å². The lowest BCUT2D eigenvalue weighted by Crippen LogP contribution is -2.12. The predicted molar refractivity (Wildman–Crippen MR) is 79.5 cm³/mol. The van der Waals surface area contributed by atoms with E-state index in [1.807, 2.05) is 16.9 Å². The molecule has 0 aliphatic carbocycles. The molecule has 1 aromatic heterocycles. The average Bonchev–Trinajstić information content (AvgIpc) is 2.98. The first-order valence-electron chi connectivity index (χ1n) is 7.15. The van der Waals surface area contributed by atoms with E-state index < -0.39 is 0 Å². The Balaban J connectivity index is 2.03. The molecule has 0 aliphatic heterocycles. The molecule has 2 aromatic rings. The van der Waals surface area contributed by atoms with E-state index in [0.717, 1.165) is 12.2 Å². The van der Waals surface area contributed by atoms with Gasteiger partial charge in [-0.15, -0.1) is 0 Å². The highest BCUT2D eigenvalue weighted by molar-refractivity contribution is 5.35. The summed E-state index contributed by atoms with van der Waals surface area (Å²) in [5, 5.41) is 4.23. The third-order valence-corrected chi connectivity index (χ3v) is 3.57. The topological polar surface area (TPSA) is 43.8 Å². The highest BCUT2D eigenvalue weighted by Gasteiger charge is 2.09. The molecule has 0 saturated carbocycles. The van der Waals surface area contributed by atoms with Crippen LogP contribution in [-0.2, 0) is 0 Å². The minimum Gasteiger partial charge on any atom is -0.330 e. The van der Waals surface area contributed by atoms with Crippen LogP contribution < -0.4 is 5.73 Å². The van der Waals surface area contributed by atoms with Crippen molar-refractivity contribution in [3.05, 3.63) is 48.3 Å². The van der Waals surface area contributed by atoms with Crippen molar-refractivity contribution in [1.29, 1.82) is 0 Å². The molecule has 0 bridgehead atoms. The number of hydrogen-bond acceptors (Lipinski definition) is 2. The van der Waals surface area contributed by atoms with Crippen LogP contribution in [0.15, 0.2) is 42.7 Å². The lowest BCUT2D eigenvalue weighted by Gasteiger charge is -2.15. The Labute approximate surface area is 115 Å². The summed E-state index contributed by atoms with van der Waals surface area (Å²) in [5.41, 5.74) is 8.34.